The fourth-order valence-electron chi connectivity index (χ4n) is 8.81. The zero-order chi connectivity index (χ0) is 22.7. The van der Waals surface area contributed by atoms with Crippen LogP contribution in [0, 0.1) is 46.3 Å². The lowest BCUT2D eigenvalue weighted by Crippen LogP contribution is -2.58. The van der Waals surface area contributed by atoms with E-state index in [4.69, 9.17) is 0 Å². The first-order valence-corrected chi connectivity index (χ1v) is 13.2. The highest BCUT2D eigenvalue weighted by atomic mass is 16.4. The lowest BCUT2D eigenvalue weighted by Gasteiger charge is -2.62. The molecule has 4 fully saturated rings. The van der Waals surface area contributed by atoms with Crippen LogP contribution in [0.5, 0.6) is 0 Å². The van der Waals surface area contributed by atoms with Crippen LogP contribution < -0.4 is 0 Å². The van der Waals surface area contributed by atoms with Crippen LogP contribution in [-0.4, -0.2) is 22.3 Å². The van der Waals surface area contributed by atoms with Crippen molar-refractivity contribution in [1.82, 2.24) is 0 Å². The van der Waals surface area contributed by atoms with E-state index in [0.717, 1.165) is 18.8 Å². The lowest BCUT2D eigenvalue weighted by atomic mass is 9.43. The van der Waals surface area contributed by atoms with Crippen molar-refractivity contribution in [2.75, 3.05) is 0 Å². The Hall–Kier alpha value is -0.570. The van der Waals surface area contributed by atoms with Gasteiger partial charge in [0.25, 0.3) is 0 Å². The van der Waals surface area contributed by atoms with Gasteiger partial charge in [0.05, 0.1) is 6.10 Å². The second-order valence-electron chi connectivity index (χ2n) is 10.9. The van der Waals surface area contributed by atoms with Gasteiger partial charge in [-0.3, -0.25) is 4.79 Å². The maximum atomic E-state index is 11.4. The van der Waals surface area contributed by atoms with Crippen LogP contribution >= 0.6 is 0 Å². The second-order valence-corrected chi connectivity index (χ2v) is 10.9. The van der Waals surface area contributed by atoms with E-state index >= 15 is 0 Å². The minimum Gasteiger partial charge on any atom is -0.481 e. The third-order valence-electron chi connectivity index (χ3n) is 9.77. The van der Waals surface area contributed by atoms with Gasteiger partial charge >= 0.3 is 5.97 Å². The highest BCUT2D eigenvalue weighted by molar-refractivity contribution is 5.67. The van der Waals surface area contributed by atoms with Crippen molar-refractivity contribution in [3.05, 3.63) is 0 Å². The summed E-state index contributed by atoms with van der Waals surface area (Å²) in [6.45, 7) is 15.0. The molecule has 0 spiro atoms. The van der Waals surface area contributed by atoms with E-state index in [1.807, 2.05) is 27.7 Å². The van der Waals surface area contributed by atoms with E-state index in [0.29, 0.717) is 29.1 Å². The number of rotatable bonds is 3. The van der Waals surface area contributed by atoms with Crippen molar-refractivity contribution in [1.29, 1.82) is 0 Å². The summed E-state index contributed by atoms with van der Waals surface area (Å²) in [7, 11) is 0. The van der Waals surface area contributed by atoms with Gasteiger partial charge in [0, 0.05) is 6.42 Å². The smallest absolute Gasteiger partial charge is 0.303 e. The Kier molecular flexibility index (Phi) is 8.87. The topological polar surface area (TPSA) is 57.5 Å². The normalized spacial score (nSPS) is 45.3. The van der Waals surface area contributed by atoms with Gasteiger partial charge in [0.1, 0.15) is 0 Å². The van der Waals surface area contributed by atoms with Crippen molar-refractivity contribution >= 4 is 5.97 Å². The van der Waals surface area contributed by atoms with Gasteiger partial charge in [-0.05, 0) is 91.3 Å². The van der Waals surface area contributed by atoms with Gasteiger partial charge in [-0.25, -0.2) is 0 Å². The van der Waals surface area contributed by atoms with Crippen LogP contribution in [0.4, 0.5) is 0 Å². The molecule has 0 aromatic carbocycles. The molecule has 0 aromatic heterocycles. The number of aliphatic hydroxyl groups is 1. The molecule has 4 aliphatic rings. The average Bonchev–Trinajstić information content (AvgIpc) is 3.06. The highest BCUT2D eigenvalue weighted by Crippen LogP contribution is 2.68. The molecule has 2 N–H and O–H groups in total. The minimum absolute atomic E-state index is 0.132. The molecule has 9 atom stereocenters. The Morgan fingerprint density at radius 1 is 0.967 bits per heavy atom. The Balaban J connectivity index is 0.000000757. The fourth-order valence-corrected chi connectivity index (χ4v) is 8.81. The quantitative estimate of drug-likeness (QED) is 0.507. The summed E-state index contributed by atoms with van der Waals surface area (Å²) < 4.78 is 0. The molecule has 4 saturated carbocycles. The lowest BCUT2D eigenvalue weighted by molar-refractivity contribution is -0.172. The maximum Gasteiger partial charge on any atom is 0.303 e. The van der Waals surface area contributed by atoms with Gasteiger partial charge in [0.2, 0.25) is 0 Å². The maximum absolute atomic E-state index is 11.4. The standard InChI is InChI=1S/C23H38O3.2C2H6/c1-14(12-20(25)26)17-9-10-18-16-8-7-15-6-4-5-11-22(15,2)21(16)19(24)13-23(17,18)3;2*1-2/h14-19,21,24H,4-13H2,1-3H3,(H,25,26);2*1-2H3/t14-,15?,16?,17?,18?,19?,21?,22?,23?;;/m1../s1. The Labute approximate surface area is 186 Å². The molecule has 0 bridgehead atoms. The van der Waals surface area contributed by atoms with Crippen LogP contribution in [0.3, 0.4) is 0 Å². The predicted molar refractivity (Wildman–Crippen MR) is 125 cm³/mol. The zero-order valence-corrected chi connectivity index (χ0v) is 20.9. The van der Waals surface area contributed by atoms with Crippen molar-refractivity contribution in [2.45, 2.75) is 119 Å². The number of aliphatic carboxylic acids is 1. The number of carboxylic acids is 1. The van der Waals surface area contributed by atoms with Gasteiger partial charge in [-0.1, -0.05) is 61.3 Å². The number of carboxylic acid groups (broad SMARTS) is 1. The van der Waals surface area contributed by atoms with Gasteiger partial charge < -0.3 is 10.2 Å². The first-order chi connectivity index (χ1) is 14.3. The first-order valence-electron chi connectivity index (χ1n) is 13.2. The number of aliphatic hydroxyl groups excluding tert-OH is 1. The molecule has 0 saturated heterocycles. The van der Waals surface area contributed by atoms with Gasteiger partial charge in [-0.15, -0.1) is 0 Å². The number of hydrogen-bond acceptors (Lipinski definition) is 2. The monoisotopic (exact) mass is 422 g/mol. The molecular formula is C27H50O3. The molecule has 0 amide bonds. The van der Waals surface area contributed by atoms with Gasteiger partial charge in [0.15, 0.2) is 0 Å². The molecule has 4 aliphatic carbocycles. The van der Waals surface area contributed by atoms with Crippen molar-refractivity contribution in [2.24, 2.45) is 46.3 Å². The number of carbonyl (C=O) groups is 1. The van der Waals surface area contributed by atoms with E-state index in [-0.39, 0.29) is 23.9 Å². The Morgan fingerprint density at radius 3 is 2.27 bits per heavy atom. The SMILES string of the molecule is CC.CC.C[C@H](CC(=O)O)C1CCC2C3CCC4CCCCC4(C)C3C(O)CC21C. The molecule has 0 heterocycles. The van der Waals surface area contributed by atoms with E-state index < -0.39 is 5.97 Å². The van der Waals surface area contributed by atoms with E-state index in [2.05, 4.69) is 20.8 Å². The molecule has 176 valence electrons. The minimum atomic E-state index is -0.672. The largest absolute Gasteiger partial charge is 0.481 e. The summed E-state index contributed by atoms with van der Waals surface area (Å²) in [6, 6.07) is 0. The molecule has 3 nitrogen and oxygen atoms in total. The molecule has 0 aromatic rings. The molecule has 4 rings (SSSR count). The summed E-state index contributed by atoms with van der Waals surface area (Å²) in [5.74, 6) is 2.65. The third-order valence-corrected chi connectivity index (χ3v) is 9.77. The summed E-state index contributed by atoms with van der Waals surface area (Å²) in [4.78, 5) is 11.3. The molecule has 0 radical (unpaired) electrons. The molecule has 3 heteroatoms. The first kappa shape index (κ1) is 25.7. The summed E-state index contributed by atoms with van der Waals surface area (Å²) in [6.07, 6.45) is 11.4. The highest BCUT2D eigenvalue weighted by Gasteiger charge is 2.62. The Morgan fingerprint density at radius 2 is 1.63 bits per heavy atom. The number of hydrogen-bond donors (Lipinski definition) is 2. The molecular weight excluding hydrogens is 372 g/mol. The third kappa shape index (κ3) is 4.34. The molecule has 8 unspecified atom stereocenters. The van der Waals surface area contributed by atoms with Crippen molar-refractivity contribution in [3.8, 4) is 0 Å². The van der Waals surface area contributed by atoms with E-state index in [1.165, 1.54) is 44.9 Å². The van der Waals surface area contributed by atoms with Crippen molar-refractivity contribution in [3.63, 3.8) is 0 Å². The van der Waals surface area contributed by atoms with Crippen LogP contribution in [0.25, 0.3) is 0 Å². The second kappa shape index (κ2) is 10.4. The van der Waals surface area contributed by atoms with E-state index in [1.54, 1.807) is 0 Å². The van der Waals surface area contributed by atoms with Gasteiger partial charge in [-0.2, -0.15) is 0 Å². The fraction of sp³-hybridized carbons (Fsp3) is 0.963. The summed E-state index contributed by atoms with van der Waals surface area (Å²) >= 11 is 0. The van der Waals surface area contributed by atoms with Crippen LogP contribution in [-0.2, 0) is 4.79 Å². The van der Waals surface area contributed by atoms with Crippen molar-refractivity contribution < 1.29 is 15.0 Å². The van der Waals surface area contributed by atoms with Crippen LogP contribution in [0.1, 0.15) is 113 Å². The molecule has 0 aliphatic heterocycles. The Bertz CT molecular complexity index is 560. The predicted octanol–water partition coefficient (Wildman–Crippen LogP) is 7.17. The summed E-state index contributed by atoms with van der Waals surface area (Å²) in [5.41, 5.74) is 0.472. The average molecular weight is 423 g/mol. The summed E-state index contributed by atoms with van der Waals surface area (Å²) in [5, 5.41) is 20.7. The van der Waals surface area contributed by atoms with Crippen LogP contribution in [0.2, 0.25) is 0 Å². The molecule has 30 heavy (non-hydrogen) atoms. The zero-order valence-electron chi connectivity index (χ0n) is 20.9. The number of fused-ring (bicyclic) bond motifs is 5. The van der Waals surface area contributed by atoms with E-state index in [9.17, 15) is 15.0 Å². The van der Waals surface area contributed by atoms with Crippen LogP contribution in [0.15, 0.2) is 0 Å².